The molecule has 2 unspecified atom stereocenters. The van der Waals surface area contributed by atoms with Crippen LogP contribution in [0.3, 0.4) is 0 Å². The summed E-state index contributed by atoms with van der Waals surface area (Å²) in [5, 5.41) is 0.480. The van der Waals surface area contributed by atoms with E-state index in [1.54, 1.807) is 0 Å². The van der Waals surface area contributed by atoms with E-state index in [0.29, 0.717) is 16.8 Å². The van der Waals surface area contributed by atoms with Crippen LogP contribution in [0.2, 0.25) is 0 Å². The molecule has 1 saturated heterocycles. The molecular formula is C12H25NS. The first-order valence-corrected chi connectivity index (χ1v) is 6.28. The molecule has 0 saturated carbocycles. The van der Waals surface area contributed by atoms with Crippen LogP contribution in [0.1, 0.15) is 47.5 Å². The molecule has 0 spiro atoms. The molecule has 0 aromatic carbocycles. The highest BCUT2D eigenvalue weighted by Gasteiger charge is 2.33. The number of likely N-dealkylation sites (tertiary alicyclic amines) is 1. The minimum absolute atomic E-state index is 0.445. The summed E-state index contributed by atoms with van der Waals surface area (Å²) in [6.07, 6.45) is 2.57. The van der Waals surface area contributed by atoms with Gasteiger partial charge in [0.2, 0.25) is 0 Å². The zero-order valence-corrected chi connectivity index (χ0v) is 11.1. The van der Waals surface area contributed by atoms with Gasteiger partial charge in [0.1, 0.15) is 0 Å². The first kappa shape index (κ1) is 12.4. The molecule has 0 aromatic heterocycles. The number of rotatable bonds is 1. The molecule has 0 N–H and O–H groups in total. The van der Waals surface area contributed by atoms with Crippen LogP contribution in [0.4, 0.5) is 0 Å². The third kappa shape index (κ3) is 2.90. The van der Waals surface area contributed by atoms with Crippen LogP contribution in [0.5, 0.6) is 0 Å². The number of piperidine rings is 1. The molecule has 1 aliphatic heterocycles. The lowest BCUT2D eigenvalue weighted by Gasteiger charge is -2.44. The molecule has 0 radical (unpaired) electrons. The van der Waals surface area contributed by atoms with E-state index in [1.165, 1.54) is 19.4 Å². The van der Waals surface area contributed by atoms with Gasteiger partial charge in [-0.1, -0.05) is 20.8 Å². The Morgan fingerprint density at radius 3 is 2.21 bits per heavy atom. The van der Waals surface area contributed by atoms with Crippen LogP contribution in [-0.2, 0) is 0 Å². The van der Waals surface area contributed by atoms with Gasteiger partial charge in [-0.05, 0) is 38.0 Å². The van der Waals surface area contributed by atoms with Gasteiger partial charge >= 0.3 is 0 Å². The van der Waals surface area contributed by atoms with E-state index >= 15 is 0 Å². The third-order valence-electron chi connectivity index (χ3n) is 3.48. The summed E-state index contributed by atoms with van der Waals surface area (Å²) in [6.45, 7) is 12.8. The van der Waals surface area contributed by atoms with Crippen LogP contribution in [0.15, 0.2) is 0 Å². The third-order valence-corrected chi connectivity index (χ3v) is 4.03. The largest absolute Gasteiger partial charge is 0.289 e. The summed E-state index contributed by atoms with van der Waals surface area (Å²) < 4.78 is 0. The van der Waals surface area contributed by atoms with Crippen molar-refractivity contribution >= 4 is 12.6 Å². The van der Waals surface area contributed by atoms with Gasteiger partial charge in [0.05, 0.1) is 5.37 Å². The van der Waals surface area contributed by atoms with E-state index in [1.807, 2.05) is 0 Å². The van der Waals surface area contributed by atoms with Crippen molar-refractivity contribution in [1.82, 2.24) is 4.90 Å². The zero-order chi connectivity index (χ0) is 10.9. The highest BCUT2D eigenvalue weighted by Crippen LogP contribution is 2.36. The second kappa shape index (κ2) is 4.44. The van der Waals surface area contributed by atoms with Crippen molar-refractivity contribution in [2.45, 2.75) is 58.9 Å². The monoisotopic (exact) mass is 215 g/mol. The Morgan fingerprint density at radius 1 is 1.21 bits per heavy atom. The minimum Gasteiger partial charge on any atom is -0.289 e. The van der Waals surface area contributed by atoms with Crippen molar-refractivity contribution in [2.24, 2.45) is 11.3 Å². The topological polar surface area (TPSA) is 3.24 Å². The first-order chi connectivity index (χ1) is 6.32. The normalized spacial score (nSPS) is 31.1. The second-order valence-electron chi connectivity index (χ2n) is 5.91. The fourth-order valence-corrected chi connectivity index (χ4v) is 2.76. The molecule has 0 aromatic rings. The molecule has 0 aliphatic carbocycles. The van der Waals surface area contributed by atoms with Gasteiger partial charge in [-0.2, -0.15) is 12.6 Å². The van der Waals surface area contributed by atoms with E-state index in [-0.39, 0.29) is 0 Å². The van der Waals surface area contributed by atoms with Crippen LogP contribution in [0, 0.1) is 11.3 Å². The highest BCUT2D eigenvalue weighted by atomic mass is 32.1. The molecule has 2 heteroatoms. The molecule has 1 aliphatic rings. The molecule has 1 rings (SSSR count). The smallest absolute Gasteiger partial charge is 0.0530 e. The van der Waals surface area contributed by atoms with Crippen LogP contribution >= 0.6 is 12.6 Å². The zero-order valence-electron chi connectivity index (χ0n) is 10.2. The van der Waals surface area contributed by atoms with Crippen molar-refractivity contribution in [2.75, 3.05) is 6.54 Å². The maximum absolute atomic E-state index is 4.66. The fraction of sp³-hybridized carbons (Fsp3) is 1.00. The lowest BCUT2D eigenvalue weighted by molar-refractivity contribution is 0.0670. The molecule has 0 amide bonds. The van der Waals surface area contributed by atoms with Crippen molar-refractivity contribution in [3.05, 3.63) is 0 Å². The lowest BCUT2D eigenvalue weighted by atomic mass is 9.76. The first-order valence-electron chi connectivity index (χ1n) is 5.76. The SMILES string of the molecule is CC(C)N1CC(C(C)(C)C)CCC1S. The number of thiol groups is 1. The molecular weight excluding hydrogens is 190 g/mol. The van der Waals surface area contributed by atoms with Gasteiger partial charge in [0.25, 0.3) is 0 Å². The Labute approximate surface area is 94.7 Å². The Balaban J connectivity index is 2.62. The maximum atomic E-state index is 4.66. The van der Waals surface area contributed by atoms with Crippen molar-refractivity contribution in [1.29, 1.82) is 0 Å². The fourth-order valence-electron chi connectivity index (χ4n) is 2.25. The maximum Gasteiger partial charge on any atom is 0.0530 e. The van der Waals surface area contributed by atoms with Crippen molar-refractivity contribution in [3.63, 3.8) is 0 Å². The predicted molar refractivity (Wildman–Crippen MR) is 66.8 cm³/mol. The molecule has 14 heavy (non-hydrogen) atoms. The van der Waals surface area contributed by atoms with Crippen LogP contribution in [-0.4, -0.2) is 22.9 Å². The molecule has 84 valence electrons. The van der Waals surface area contributed by atoms with E-state index in [0.717, 1.165) is 5.92 Å². The molecule has 2 atom stereocenters. The van der Waals surface area contributed by atoms with Gasteiger partial charge in [-0.15, -0.1) is 0 Å². The van der Waals surface area contributed by atoms with E-state index < -0.39 is 0 Å². The van der Waals surface area contributed by atoms with Gasteiger partial charge in [0, 0.05) is 12.6 Å². The van der Waals surface area contributed by atoms with Crippen LogP contribution in [0.25, 0.3) is 0 Å². The van der Waals surface area contributed by atoms with Gasteiger partial charge < -0.3 is 0 Å². The standard InChI is InChI=1S/C12H25NS/c1-9(2)13-8-10(12(3,4)5)6-7-11(13)14/h9-11,14H,6-8H2,1-5H3. The average Bonchev–Trinajstić information content (AvgIpc) is 2.02. The molecule has 1 heterocycles. The molecule has 0 bridgehead atoms. The Morgan fingerprint density at radius 2 is 1.79 bits per heavy atom. The minimum atomic E-state index is 0.445. The lowest BCUT2D eigenvalue weighted by Crippen LogP contribution is -2.47. The van der Waals surface area contributed by atoms with Gasteiger partial charge in [-0.3, -0.25) is 4.90 Å². The van der Waals surface area contributed by atoms with Crippen molar-refractivity contribution in [3.8, 4) is 0 Å². The second-order valence-corrected chi connectivity index (χ2v) is 6.51. The summed E-state index contributed by atoms with van der Waals surface area (Å²) in [7, 11) is 0. The average molecular weight is 215 g/mol. The number of hydrogen-bond donors (Lipinski definition) is 1. The summed E-state index contributed by atoms with van der Waals surface area (Å²) >= 11 is 4.66. The molecule has 1 fully saturated rings. The summed E-state index contributed by atoms with van der Waals surface area (Å²) in [4.78, 5) is 2.53. The van der Waals surface area contributed by atoms with E-state index in [2.05, 4.69) is 52.1 Å². The quantitative estimate of drug-likeness (QED) is 0.656. The van der Waals surface area contributed by atoms with Gasteiger partial charge in [-0.25, -0.2) is 0 Å². The van der Waals surface area contributed by atoms with Crippen LogP contribution < -0.4 is 0 Å². The highest BCUT2D eigenvalue weighted by molar-refractivity contribution is 7.80. The van der Waals surface area contributed by atoms with E-state index in [4.69, 9.17) is 0 Å². The predicted octanol–water partition coefficient (Wildman–Crippen LogP) is 3.41. The number of hydrogen-bond acceptors (Lipinski definition) is 2. The number of nitrogens with zero attached hydrogens (tertiary/aromatic N) is 1. The summed E-state index contributed by atoms with van der Waals surface area (Å²) in [5.41, 5.74) is 0.445. The van der Waals surface area contributed by atoms with Crippen molar-refractivity contribution < 1.29 is 0 Å². The summed E-state index contributed by atoms with van der Waals surface area (Å²) in [6, 6.07) is 0.627. The Bertz CT molecular complexity index is 183. The van der Waals surface area contributed by atoms with E-state index in [9.17, 15) is 0 Å². The Hall–Kier alpha value is 0.310. The summed E-state index contributed by atoms with van der Waals surface area (Å²) in [5.74, 6) is 0.827. The Kier molecular flexibility index (Phi) is 3.93. The molecule has 1 nitrogen and oxygen atoms in total. The van der Waals surface area contributed by atoms with Gasteiger partial charge in [0.15, 0.2) is 0 Å².